The molecular formula is C21H33N3O3S. The first-order valence-electron chi connectivity index (χ1n) is 10.3. The van der Waals surface area contributed by atoms with Crippen LogP contribution in [0.2, 0.25) is 0 Å². The zero-order valence-corrected chi connectivity index (χ0v) is 17.8. The monoisotopic (exact) mass is 407 g/mol. The van der Waals surface area contributed by atoms with Crippen LogP contribution in [0.5, 0.6) is 0 Å². The zero-order valence-electron chi connectivity index (χ0n) is 17.0. The molecule has 1 saturated heterocycles. The Morgan fingerprint density at radius 3 is 2.54 bits per heavy atom. The van der Waals surface area contributed by atoms with Crippen LogP contribution in [0.3, 0.4) is 0 Å². The molecule has 0 bridgehead atoms. The largest absolute Gasteiger partial charge is 0.349 e. The Morgan fingerprint density at radius 1 is 1.18 bits per heavy atom. The lowest BCUT2D eigenvalue weighted by atomic mass is 9.89. The van der Waals surface area contributed by atoms with Crippen molar-refractivity contribution in [2.75, 3.05) is 27.2 Å². The zero-order chi connectivity index (χ0) is 20.3. The molecule has 1 amide bonds. The Bertz CT molecular complexity index is 788. The number of nitrogens with zero attached hydrogens (tertiary/aromatic N) is 2. The van der Waals surface area contributed by atoms with E-state index < -0.39 is 15.1 Å². The van der Waals surface area contributed by atoms with Crippen molar-refractivity contribution in [3.63, 3.8) is 0 Å². The van der Waals surface area contributed by atoms with Crippen LogP contribution in [0.1, 0.15) is 44.1 Å². The van der Waals surface area contributed by atoms with Gasteiger partial charge in [0.1, 0.15) is 0 Å². The summed E-state index contributed by atoms with van der Waals surface area (Å²) in [5.74, 6) is -0.250. The molecule has 28 heavy (non-hydrogen) atoms. The van der Waals surface area contributed by atoms with Gasteiger partial charge in [0.05, 0.1) is 16.1 Å². The highest BCUT2D eigenvalue weighted by atomic mass is 32.2. The summed E-state index contributed by atoms with van der Waals surface area (Å²) in [6.45, 7) is 1.48. The number of benzene rings is 1. The minimum Gasteiger partial charge on any atom is -0.349 e. The van der Waals surface area contributed by atoms with Crippen LogP contribution in [0.25, 0.3) is 0 Å². The molecule has 2 N–H and O–H groups in total. The molecule has 1 aromatic carbocycles. The molecule has 6 nitrogen and oxygen atoms in total. The van der Waals surface area contributed by atoms with Crippen molar-refractivity contribution in [3.05, 3.63) is 29.8 Å². The van der Waals surface area contributed by atoms with Gasteiger partial charge in [0.15, 0.2) is 9.84 Å². The fourth-order valence-electron chi connectivity index (χ4n) is 4.64. The molecule has 0 aromatic heterocycles. The maximum atomic E-state index is 13.4. The molecule has 156 valence electrons. The second-order valence-electron chi connectivity index (χ2n) is 8.43. The second kappa shape index (κ2) is 8.93. The quantitative estimate of drug-likeness (QED) is 0.807. The van der Waals surface area contributed by atoms with E-state index in [-0.39, 0.29) is 11.8 Å². The number of hydrogen-bond donors (Lipinski definition) is 1. The minimum atomic E-state index is -3.53. The fourth-order valence-corrected chi connectivity index (χ4v) is 6.48. The first kappa shape index (κ1) is 21.3. The van der Waals surface area contributed by atoms with E-state index in [1.807, 2.05) is 6.07 Å². The summed E-state index contributed by atoms with van der Waals surface area (Å²) in [5.41, 5.74) is 6.51. The van der Waals surface area contributed by atoms with Gasteiger partial charge in [0, 0.05) is 39.8 Å². The molecular weight excluding hydrogens is 374 g/mol. The van der Waals surface area contributed by atoms with Crippen LogP contribution in [-0.2, 0) is 21.2 Å². The molecule has 1 saturated carbocycles. The Morgan fingerprint density at radius 2 is 1.89 bits per heavy atom. The smallest absolute Gasteiger partial charge is 0.226 e. The lowest BCUT2D eigenvalue weighted by molar-refractivity contribution is -0.135. The van der Waals surface area contributed by atoms with Gasteiger partial charge in [-0.05, 0) is 37.0 Å². The van der Waals surface area contributed by atoms with Crippen LogP contribution >= 0.6 is 0 Å². The molecule has 0 spiro atoms. The third kappa shape index (κ3) is 4.58. The number of sulfone groups is 1. The van der Waals surface area contributed by atoms with E-state index in [1.54, 1.807) is 37.2 Å². The van der Waals surface area contributed by atoms with Crippen LogP contribution in [0.15, 0.2) is 29.2 Å². The summed E-state index contributed by atoms with van der Waals surface area (Å²) in [6.07, 6.45) is 6.19. The first-order valence-corrected chi connectivity index (χ1v) is 11.9. The molecule has 2 atom stereocenters. The molecule has 1 aromatic rings. The van der Waals surface area contributed by atoms with Crippen LogP contribution in [0, 0.1) is 5.92 Å². The number of carbonyl (C=O) groups is 1. The summed E-state index contributed by atoms with van der Waals surface area (Å²) in [6, 6.07) is 7.31. The van der Waals surface area contributed by atoms with Gasteiger partial charge in [-0.25, -0.2) is 8.42 Å². The molecule has 2 fully saturated rings. The van der Waals surface area contributed by atoms with Crippen molar-refractivity contribution in [3.8, 4) is 0 Å². The average Bonchev–Trinajstić information content (AvgIpc) is 2.73. The Labute approximate surface area is 169 Å². The molecule has 3 rings (SSSR count). The SMILES string of the molecule is CN(C)C(=O)[C@@H]1C[C@H](S(=O)(=O)c2cccc(CN)c2)CN(C2CCCCC2)C1. The highest BCUT2D eigenvalue weighted by molar-refractivity contribution is 7.92. The predicted molar refractivity (Wildman–Crippen MR) is 111 cm³/mol. The van der Waals surface area contributed by atoms with Crippen molar-refractivity contribution in [2.24, 2.45) is 11.7 Å². The maximum absolute atomic E-state index is 13.4. The van der Waals surface area contributed by atoms with Crippen LogP contribution in [-0.4, -0.2) is 62.6 Å². The van der Waals surface area contributed by atoms with Gasteiger partial charge in [-0.15, -0.1) is 0 Å². The van der Waals surface area contributed by atoms with Crippen molar-refractivity contribution >= 4 is 15.7 Å². The van der Waals surface area contributed by atoms with Gasteiger partial charge in [-0.3, -0.25) is 9.69 Å². The molecule has 7 heteroatoms. The van der Waals surface area contributed by atoms with E-state index in [2.05, 4.69) is 4.90 Å². The van der Waals surface area contributed by atoms with Gasteiger partial charge < -0.3 is 10.6 Å². The van der Waals surface area contributed by atoms with Crippen molar-refractivity contribution in [2.45, 2.75) is 61.3 Å². The van der Waals surface area contributed by atoms with E-state index in [1.165, 1.54) is 19.3 Å². The Hall–Kier alpha value is -1.44. The fraction of sp³-hybridized carbons (Fsp3) is 0.667. The van der Waals surface area contributed by atoms with Crippen LogP contribution in [0.4, 0.5) is 0 Å². The molecule has 0 radical (unpaired) electrons. The summed E-state index contributed by atoms with van der Waals surface area (Å²) in [5, 5.41) is -0.565. The van der Waals surface area contributed by atoms with E-state index in [0.29, 0.717) is 37.0 Å². The average molecular weight is 408 g/mol. The Balaban J connectivity index is 1.89. The lowest BCUT2D eigenvalue weighted by Gasteiger charge is -2.43. The number of hydrogen-bond acceptors (Lipinski definition) is 5. The highest BCUT2D eigenvalue weighted by Crippen LogP contribution is 2.32. The number of likely N-dealkylation sites (tertiary alicyclic amines) is 1. The van der Waals surface area contributed by atoms with E-state index in [9.17, 15) is 13.2 Å². The number of nitrogens with two attached hydrogens (primary N) is 1. The third-order valence-electron chi connectivity index (χ3n) is 6.22. The molecule has 1 aliphatic carbocycles. The number of piperidine rings is 1. The third-order valence-corrected chi connectivity index (χ3v) is 8.35. The number of carbonyl (C=O) groups excluding carboxylic acids is 1. The number of amides is 1. The highest BCUT2D eigenvalue weighted by Gasteiger charge is 2.41. The minimum absolute atomic E-state index is 0.0245. The van der Waals surface area contributed by atoms with Gasteiger partial charge in [0.25, 0.3) is 0 Å². The van der Waals surface area contributed by atoms with Gasteiger partial charge >= 0.3 is 0 Å². The van der Waals surface area contributed by atoms with Gasteiger partial charge in [-0.2, -0.15) is 0 Å². The van der Waals surface area contributed by atoms with Crippen molar-refractivity contribution < 1.29 is 13.2 Å². The van der Waals surface area contributed by atoms with E-state index >= 15 is 0 Å². The Kier molecular flexibility index (Phi) is 6.78. The summed E-state index contributed by atoms with van der Waals surface area (Å²) < 4.78 is 26.9. The van der Waals surface area contributed by atoms with Crippen molar-refractivity contribution in [1.82, 2.24) is 9.80 Å². The van der Waals surface area contributed by atoms with E-state index in [4.69, 9.17) is 5.73 Å². The first-order chi connectivity index (χ1) is 13.3. The molecule has 1 aliphatic heterocycles. The predicted octanol–water partition coefficient (Wildman–Crippen LogP) is 2.03. The summed E-state index contributed by atoms with van der Waals surface area (Å²) in [4.78, 5) is 16.9. The topological polar surface area (TPSA) is 83.7 Å². The second-order valence-corrected chi connectivity index (χ2v) is 10.7. The van der Waals surface area contributed by atoms with E-state index in [0.717, 1.165) is 18.4 Å². The summed E-state index contributed by atoms with van der Waals surface area (Å²) in [7, 11) is -0.0340. The summed E-state index contributed by atoms with van der Waals surface area (Å²) >= 11 is 0. The van der Waals surface area contributed by atoms with Crippen LogP contribution < -0.4 is 5.73 Å². The maximum Gasteiger partial charge on any atom is 0.226 e. The molecule has 2 aliphatic rings. The number of rotatable bonds is 5. The molecule has 0 unspecified atom stereocenters. The van der Waals surface area contributed by atoms with Crippen molar-refractivity contribution in [1.29, 1.82) is 0 Å². The standard InChI is InChI=1S/C21H33N3O3S/c1-23(2)21(25)17-12-20(15-24(14-17)18-8-4-3-5-9-18)28(26,27)19-10-6-7-16(11-19)13-22/h6-7,10-11,17-18,20H,3-5,8-9,12-15,22H2,1-2H3/t17-,20+/m1/s1. The lowest BCUT2D eigenvalue weighted by Crippen LogP contribution is -2.53. The van der Waals surface area contributed by atoms with Gasteiger partial charge in [0.2, 0.25) is 5.91 Å². The normalized spacial score (nSPS) is 24.8. The molecule has 1 heterocycles. The van der Waals surface area contributed by atoms with Gasteiger partial charge in [-0.1, -0.05) is 31.4 Å².